The average Bonchev–Trinajstić information content (AvgIpc) is 2.44. The largest absolute Gasteiger partial charge is 0.480 e. The summed E-state index contributed by atoms with van der Waals surface area (Å²) >= 11 is 0. The molecule has 1 fully saturated rings. The normalized spacial score (nSPS) is 22.5. The van der Waals surface area contributed by atoms with Crippen LogP contribution < -0.4 is 0 Å². The third kappa shape index (κ3) is 3.94. The van der Waals surface area contributed by atoms with E-state index >= 15 is 0 Å². The number of aliphatic carboxylic acids is 1. The number of carbonyl (C=O) groups is 2. The highest BCUT2D eigenvalue weighted by Crippen LogP contribution is 2.23. The van der Waals surface area contributed by atoms with Gasteiger partial charge >= 0.3 is 5.97 Å². The van der Waals surface area contributed by atoms with Crippen molar-refractivity contribution in [1.82, 2.24) is 4.90 Å². The number of carboxylic acid groups (broad SMARTS) is 1. The molecule has 4 nitrogen and oxygen atoms in total. The number of nitrogens with zero attached hydrogens (tertiary/aromatic N) is 1. The van der Waals surface area contributed by atoms with Gasteiger partial charge in [-0.3, -0.25) is 4.79 Å². The van der Waals surface area contributed by atoms with E-state index in [1.165, 1.54) is 11.0 Å². The summed E-state index contributed by atoms with van der Waals surface area (Å²) in [5.74, 6) is -0.800. The summed E-state index contributed by atoms with van der Waals surface area (Å²) < 4.78 is 0. The first-order valence-corrected chi connectivity index (χ1v) is 7.25. The molecule has 1 heterocycles. The smallest absolute Gasteiger partial charge is 0.326 e. The predicted molar refractivity (Wildman–Crippen MR) is 81.7 cm³/mol. The third-order valence-corrected chi connectivity index (χ3v) is 3.89. The van der Waals surface area contributed by atoms with E-state index in [1.807, 2.05) is 38.1 Å². The van der Waals surface area contributed by atoms with Gasteiger partial charge in [0.1, 0.15) is 6.04 Å². The molecule has 0 bridgehead atoms. The summed E-state index contributed by atoms with van der Waals surface area (Å²) in [4.78, 5) is 25.0. The van der Waals surface area contributed by atoms with Gasteiger partial charge in [-0.05, 0) is 37.3 Å². The van der Waals surface area contributed by atoms with Gasteiger partial charge < -0.3 is 10.0 Å². The molecule has 2 unspecified atom stereocenters. The minimum atomic E-state index is -0.918. The number of hydrogen-bond acceptors (Lipinski definition) is 2. The SMILES string of the molecule is Cc1cccc(/C=C/C(=O)N2CCC(C)CC2C(=O)O)c1. The fraction of sp³-hybridized carbons (Fsp3) is 0.412. The van der Waals surface area contributed by atoms with Crippen LogP contribution in [-0.4, -0.2) is 34.5 Å². The van der Waals surface area contributed by atoms with Crippen molar-refractivity contribution in [2.75, 3.05) is 6.54 Å². The van der Waals surface area contributed by atoms with Crippen LogP contribution in [0.1, 0.15) is 30.9 Å². The molecule has 1 N–H and O–H groups in total. The molecule has 0 aromatic heterocycles. The van der Waals surface area contributed by atoms with Crippen molar-refractivity contribution < 1.29 is 14.7 Å². The van der Waals surface area contributed by atoms with E-state index in [2.05, 4.69) is 0 Å². The summed E-state index contributed by atoms with van der Waals surface area (Å²) in [6, 6.07) is 7.12. The second-order valence-electron chi connectivity index (χ2n) is 5.76. The van der Waals surface area contributed by atoms with Crippen LogP contribution in [0.4, 0.5) is 0 Å². The van der Waals surface area contributed by atoms with Crippen LogP contribution in [0.25, 0.3) is 6.08 Å². The van der Waals surface area contributed by atoms with Gasteiger partial charge in [0.15, 0.2) is 0 Å². The molecule has 1 aromatic carbocycles. The summed E-state index contributed by atoms with van der Waals surface area (Å²) in [6.07, 6.45) is 4.60. The number of carboxylic acids is 1. The molecule has 0 saturated carbocycles. The minimum absolute atomic E-state index is 0.226. The molecule has 1 aliphatic heterocycles. The Morgan fingerprint density at radius 2 is 2.14 bits per heavy atom. The summed E-state index contributed by atoms with van der Waals surface area (Å²) in [5.41, 5.74) is 2.07. The zero-order valence-electron chi connectivity index (χ0n) is 12.5. The number of likely N-dealkylation sites (tertiary alicyclic amines) is 1. The van der Waals surface area contributed by atoms with Crippen LogP contribution in [0.2, 0.25) is 0 Å². The Labute approximate surface area is 125 Å². The molecule has 0 aliphatic carbocycles. The third-order valence-electron chi connectivity index (χ3n) is 3.89. The number of amides is 1. The van der Waals surface area contributed by atoms with Gasteiger partial charge in [-0.1, -0.05) is 36.8 Å². The van der Waals surface area contributed by atoms with Crippen molar-refractivity contribution in [3.63, 3.8) is 0 Å². The van der Waals surface area contributed by atoms with E-state index in [0.717, 1.165) is 17.5 Å². The Kier molecular flexibility index (Phi) is 4.78. The van der Waals surface area contributed by atoms with Crippen LogP contribution in [0.15, 0.2) is 30.3 Å². The lowest BCUT2D eigenvalue weighted by Gasteiger charge is -2.35. The van der Waals surface area contributed by atoms with Gasteiger partial charge in [0, 0.05) is 12.6 Å². The van der Waals surface area contributed by atoms with Crippen LogP contribution in [-0.2, 0) is 9.59 Å². The molecule has 1 amide bonds. The van der Waals surface area contributed by atoms with Crippen molar-refractivity contribution >= 4 is 18.0 Å². The second kappa shape index (κ2) is 6.57. The van der Waals surface area contributed by atoms with Gasteiger partial charge in [0.2, 0.25) is 5.91 Å². The summed E-state index contributed by atoms with van der Waals surface area (Å²) in [7, 11) is 0. The quantitative estimate of drug-likeness (QED) is 0.870. The molecule has 0 spiro atoms. The van der Waals surface area contributed by atoms with Crippen molar-refractivity contribution in [3.8, 4) is 0 Å². The molecular formula is C17H21NO3. The van der Waals surface area contributed by atoms with Gasteiger partial charge in [-0.2, -0.15) is 0 Å². The van der Waals surface area contributed by atoms with Crippen molar-refractivity contribution in [2.45, 2.75) is 32.7 Å². The first kappa shape index (κ1) is 15.3. The van der Waals surface area contributed by atoms with Gasteiger partial charge in [-0.25, -0.2) is 4.79 Å². The maximum Gasteiger partial charge on any atom is 0.326 e. The van der Waals surface area contributed by atoms with E-state index in [4.69, 9.17) is 0 Å². The Balaban J connectivity index is 2.09. The Hall–Kier alpha value is -2.10. The van der Waals surface area contributed by atoms with Crippen LogP contribution in [0, 0.1) is 12.8 Å². The number of benzene rings is 1. The summed E-state index contributed by atoms with van der Waals surface area (Å²) in [6.45, 7) is 4.53. The minimum Gasteiger partial charge on any atom is -0.480 e. The lowest BCUT2D eigenvalue weighted by molar-refractivity contribution is -0.151. The molecule has 112 valence electrons. The van der Waals surface area contributed by atoms with E-state index in [0.29, 0.717) is 18.9 Å². The van der Waals surface area contributed by atoms with Crippen molar-refractivity contribution in [3.05, 3.63) is 41.5 Å². The molecule has 1 aromatic rings. The van der Waals surface area contributed by atoms with Gasteiger partial charge in [-0.15, -0.1) is 0 Å². The topological polar surface area (TPSA) is 57.6 Å². The lowest BCUT2D eigenvalue weighted by atomic mass is 9.92. The molecule has 2 rings (SSSR count). The first-order valence-electron chi connectivity index (χ1n) is 7.25. The maximum absolute atomic E-state index is 12.3. The monoisotopic (exact) mass is 287 g/mol. The number of aryl methyl sites for hydroxylation is 1. The summed E-state index contributed by atoms with van der Waals surface area (Å²) in [5, 5.41) is 9.28. The van der Waals surface area contributed by atoms with Crippen LogP contribution in [0.5, 0.6) is 0 Å². The van der Waals surface area contributed by atoms with E-state index in [9.17, 15) is 14.7 Å². The molecule has 1 saturated heterocycles. The molecule has 1 aliphatic rings. The highest BCUT2D eigenvalue weighted by atomic mass is 16.4. The Bertz CT molecular complexity index is 565. The molecule has 0 radical (unpaired) electrons. The number of hydrogen-bond donors (Lipinski definition) is 1. The second-order valence-corrected chi connectivity index (χ2v) is 5.76. The molecular weight excluding hydrogens is 266 g/mol. The zero-order valence-corrected chi connectivity index (χ0v) is 12.5. The van der Waals surface area contributed by atoms with Crippen molar-refractivity contribution in [2.24, 2.45) is 5.92 Å². The van der Waals surface area contributed by atoms with Gasteiger partial charge in [0.25, 0.3) is 0 Å². The molecule has 21 heavy (non-hydrogen) atoms. The fourth-order valence-electron chi connectivity index (χ4n) is 2.68. The molecule has 4 heteroatoms. The zero-order chi connectivity index (χ0) is 15.4. The standard InChI is InChI=1S/C17H21NO3/c1-12-4-3-5-14(10-12)6-7-16(19)18-9-8-13(2)11-15(18)17(20)21/h3-7,10,13,15H,8-9,11H2,1-2H3,(H,20,21)/b7-6+. The molecule has 2 atom stereocenters. The van der Waals surface area contributed by atoms with E-state index in [1.54, 1.807) is 6.08 Å². The highest BCUT2D eigenvalue weighted by molar-refractivity contribution is 5.94. The van der Waals surface area contributed by atoms with Crippen molar-refractivity contribution in [1.29, 1.82) is 0 Å². The van der Waals surface area contributed by atoms with E-state index < -0.39 is 12.0 Å². The first-order chi connectivity index (χ1) is 9.97. The van der Waals surface area contributed by atoms with Crippen LogP contribution >= 0.6 is 0 Å². The Morgan fingerprint density at radius 1 is 1.38 bits per heavy atom. The number of rotatable bonds is 3. The van der Waals surface area contributed by atoms with E-state index in [-0.39, 0.29) is 5.91 Å². The Morgan fingerprint density at radius 3 is 2.81 bits per heavy atom. The highest BCUT2D eigenvalue weighted by Gasteiger charge is 2.33. The number of carbonyl (C=O) groups excluding carboxylic acids is 1. The van der Waals surface area contributed by atoms with Gasteiger partial charge in [0.05, 0.1) is 0 Å². The predicted octanol–water partition coefficient (Wildman–Crippen LogP) is 2.72. The van der Waals surface area contributed by atoms with Crippen LogP contribution in [0.3, 0.4) is 0 Å². The maximum atomic E-state index is 12.3. The fourth-order valence-corrected chi connectivity index (χ4v) is 2.68. The average molecular weight is 287 g/mol. The lowest BCUT2D eigenvalue weighted by Crippen LogP contribution is -2.49. The number of piperidine rings is 1.